The molecule has 1 N–H and O–H groups in total. The summed E-state index contributed by atoms with van der Waals surface area (Å²) in [6.07, 6.45) is 2.10. The van der Waals surface area contributed by atoms with E-state index in [2.05, 4.69) is 43.3 Å². The Balaban J connectivity index is 1.56. The predicted molar refractivity (Wildman–Crippen MR) is 126 cm³/mol. The third-order valence-electron chi connectivity index (χ3n) is 4.96. The van der Waals surface area contributed by atoms with Crippen LogP contribution in [0, 0.1) is 20.8 Å². The van der Waals surface area contributed by atoms with Crippen molar-refractivity contribution in [2.45, 2.75) is 40.5 Å². The molecule has 2 heterocycles. The van der Waals surface area contributed by atoms with E-state index < -0.39 is 0 Å². The number of benzene rings is 2. The Hall–Kier alpha value is -3.19. The molecule has 0 aliphatic heterocycles. The zero-order valence-electron chi connectivity index (χ0n) is 18.2. The number of aryl methyl sites for hydroxylation is 3. The topological polar surface area (TPSA) is 69.0 Å². The number of ether oxygens (including phenoxy) is 1. The van der Waals surface area contributed by atoms with Gasteiger partial charge in [0.1, 0.15) is 11.6 Å². The third kappa shape index (κ3) is 4.61. The Morgan fingerprint density at radius 3 is 2.65 bits per heavy atom. The number of carbonyl (C=O) groups is 1. The lowest BCUT2D eigenvalue weighted by atomic mass is 10.1. The van der Waals surface area contributed by atoms with Crippen LogP contribution < -0.4 is 10.1 Å². The molecule has 160 valence electrons. The first kappa shape index (κ1) is 21.1. The second-order valence-electron chi connectivity index (χ2n) is 7.69. The molecule has 7 heteroatoms. The number of carbonyl (C=O) groups excluding carboxylic acids is 1. The first-order chi connectivity index (χ1) is 14.9. The minimum Gasteiger partial charge on any atom is -0.494 e. The fourth-order valence-corrected chi connectivity index (χ4v) is 4.52. The molecule has 2 aromatic heterocycles. The Kier molecular flexibility index (Phi) is 6.04. The quantitative estimate of drug-likeness (QED) is 0.371. The summed E-state index contributed by atoms with van der Waals surface area (Å²) in [7, 11) is 0. The van der Waals surface area contributed by atoms with Gasteiger partial charge in [-0.3, -0.25) is 4.79 Å². The highest BCUT2D eigenvalue weighted by Gasteiger charge is 2.16. The fourth-order valence-electron chi connectivity index (χ4n) is 3.41. The summed E-state index contributed by atoms with van der Waals surface area (Å²) in [5, 5.41) is 8.26. The van der Waals surface area contributed by atoms with Crippen molar-refractivity contribution in [3.05, 3.63) is 64.8 Å². The van der Waals surface area contributed by atoms with Crippen LogP contribution in [-0.4, -0.2) is 27.3 Å². The van der Waals surface area contributed by atoms with Gasteiger partial charge in [0, 0.05) is 11.6 Å². The summed E-state index contributed by atoms with van der Waals surface area (Å²) in [6, 6.07) is 13.3. The molecule has 1 amide bonds. The predicted octanol–water partition coefficient (Wildman–Crippen LogP) is 5.84. The number of fused-ring (bicyclic) bond motifs is 1. The molecule has 6 nitrogen and oxygen atoms in total. The summed E-state index contributed by atoms with van der Waals surface area (Å²) in [4.78, 5) is 17.6. The number of unbranched alkanes of at least 4 members (excludes halogenated alkanes) is 1. The van der Waals surface area contributed by atoms with Crippen LogP contribution >= 0.6 is 11.3 Å². The van der Waals surface area contributed by atoms with Gasteiger partial charge in [-0.05, 0) is 68.7 Å². The molecule has 31 heavy (non-hydrogen) atoms. The number of nitrogens with one attached hydrogen (secondary N) is 1. The molecular weight excluding hydrogens is 408 g/mol. The summed E-state index contributed by atoms with van der Waals surface area (Å²) < 4.78 is 8.49. The molecular formula is C24H26N4O2S. The van der Waals surface area contributed by atoms with Gasteiger partial charge in [0.15, 0.2) is 0 Å². The lowest BCUT2D eigenvalue weighted by molar-refractivity contribution is 0.102. The largest absolute Gasteiger partial charge is 0.494 e. The average Bonchev–Trinajstić information content (AvgIpc) is 3.32. The maximum absolute atomic E-state index is 12.8. The van der Waals surface area contributed by atoms with Crippen molar-refractivity contribution in [2.24, 2.45) is 0 Å². The van der Waals surface area contributed by atoms with Crippen LogP contribution in [0.4, 0.5) is 5.82 Å². The zero-order valence-corrected chi connectivity index (χ0v) is 19.0. The molecule has 2 aromatic carbocycles. The SMILES string of the molecule is CCCCOc1ccc(C(=O)Nc2cc(C)nn2-c2nc3c(C)cc(C)cc3s2)cc1. The van der Waals surface area contributed by atoms with Crippen LogP contribution in [0.1, 0.15) is 46.9 Å². The fraction of sp³-hybridized carbons (Fsp3) is 0.292. The number of hydrogen-bond acceptors (Lipinski definition) is 5. The van der Waals surface area contributed by atoms with E-state index in [1.165, 1.54) is 5.56 Å². The molecule has 0 spiro atoms. The number of nitrogens with zero attached hydrogens (tertiary/aromatic N) is 3. The van der Waals surface area contributed by atoms with Gasteiger partial charge in [0.05, 0.1) is 22.5 Å². The lowest BCUT2D eigenvalue weighted by Crippen LogP contribution is -2.15. The monoisotopic (exact) mass is 434 g/mol. The van der Waals surface area contributed by atoms with Gasteiger partial charge in [-0.2, -0.15) is 9.78 Å². The van der Waals surface area contributed by atoms with Crippen LogP contribution in [-0.2, 0) is 0 Å². The molecule has 0 atom stereocenters. The van der Waals surface area contributed by atoms with E-state index in [1.54, 1.807) is 28.2 Å². The van der Waals surface area contributed by atoms with Crippen LogP contribution in [0.5, 0.6) is 5.75 Å². The highest BCUT2D eigenvalue weighted by molar-refractivity contribution is 7.20. The second kappa shape index (κ2) is 8.89. The molecule has 0 saturated heterocycles. The number of hydrogen-bond donors (Lipinski definition) is 1. The van der Waals surface area contributed by atoms with Crippen LogP contribution in [0.25, 0.3) is 15.3 Å². The van der Waals surface area contributed by atoms with E-state index in [0.717, 1.165) is 45.2 Å². The molecule has 0 saturated carbocycles. The molecule has 0 unspecified atom stereocenters. The highest BCUT2D eigenvalue weighted by Crippen LogP contribution is 2.30. The molecule has 4 aromatic rings. The second-order valence-corrected chi connectivity index (χ2v) is 8.70. The number of aromatic nitrogens is 3. The molecule has 0 radical (unpaired) electrons. The number of amides is 1. The van der Waals surface area contributed by atoms with E-state index in [-0.39, 0.29) is 5.91 Å². The smallest absolute Gasteiger partial charge is 0.256 e. The minimum atomic E-state index is -0.200. The summed E-state index contributed by atoms with van der Waals surface area (Å²) >= 11 is 1.56. The Morgan fingerprint density at radius 2 is 1.90 bits per heavy atom. The van der Waals surface area contributed by atoms with E-state index in [4.69, 9.17) is 9.72 Å². The number of thiazole rings is 1. The normalized spacial score (nSPS) is 11.1. The Bertz CT molecular complexity index is 1220. The van der Waals surface area contributed by atoms with Crippen molar-refractivity contribution in [2.75, 3.05) is 11.9 Å². The van der Waals surface area contributed by atoms with Gasteiger partial charge >= 0.3 is 0 Å². The van der Waals surface area contributed by atoms with Gasteiger partial charge in [0.25, 0.3) is 5.91 Å². The van der Waals surface area contributed by atoms with Gasteiger partial charge in [-0.25, -0.2) is 4.98 Å². The van der Waals surface area contributed by atoms with Gasteiger partial charge in [-0.1, -0.05) is 30.7 Å². The van der Waals surface area contributed by atoms with E-state index in [9.17, 15) is 4.79 Å². The number of anilines is 1. The van der Waals surface area contributed by atoms with Crippen LogP contribution in [0.3, 0.4) is 0 Å². The third-order valence-corrected chi connectivity index (χ3v) is 5.93. The van der Waals surface area contributed by atoms with Gasteiger partial charge in [-0.15, -0.1) is 0 Å². The number of rotatable bonds is 7. The molecule has 0 aliphatic carbocycles. The lowest BCUT2D eigenvalue weighted by Gasteiger charge is -2.08. The van der Waals surface area contributed by atoms with Crippen molar-refractivity contribution in [3.63, 3.8) is 0 Å². The summed E-state index contributed by atoms with van der Waals surface area (Å²) in [5.41, 5.74) is 4.67. The Labute approximate surface area is 185 Å². The zero-order chi connectivity index (χ0) is 22.0. The Morgan fingerprint density at radius 1 is 1.13 bits per heavy atom. The summed E-state index contributed by atoms with van der Waals surface area (Å²) in [6.45, 7) is 8.85. The highest BCUT2D eigenvalue weighted by atomic mass is 32.1. The molecule has 0 fully saturated rings. The van der Waals surface area contributed by atoms with Crippen LogP contribution in [0.2, 0.25) is 0 Å². The van der Waals surface area contributed by atoms with Crippen molar-refractivity contribution >= 4 is 33.3 Å². The summed E-state index contributed by atoms with van der Waals surface area (Å²) in [5.74, 6) is 1.17. The first-order valence-electron chi connectivity index (χ1n) is 10.4. The van der Waals surface area contributed by atoms with Gasteiger partial charge < -0.3 is 10.1 Å². The van der Waals surface area contributed by atoms with Crippen molar-refractivity contribution in [1.29, 1.82) is 0 Å². The van der Waals surface area contributed by atoms with E-state index in [1.807, 2.05) is 25.1 Å². The van der Waals surface area contributed by atoms with E-state index in [0.29, 0.717) is 18.0 Å². The maximum Gasteiger partial charge on any atom is 0.256 e. The van der Waals surface area contributed by atoms with Crippen LogP contribution in [0.15, 0.2) is 42.5 Å². The van der Waals surface area contributed by atoms with Crippen molar-refractivity contribution in [3.8, 4) is 10.9 Å². The minimum absolute atomic E-state index is 0.200. The van der Waals surface area contributed by atoms with Crippen molar-refractivity contribution in [1.82, 2.24) is 14.8 Å². The molecule has 0 aliphatic rings. The van der Waals surface area contributed by atoms with Gasteiger partial charge in [0.2, 0.25) is 5.13 Å². The average molecular weight is 435 g/mol. The van der Waals surface area contributed by atoms with E-state index >= 15 is 0 Å². The maximum atomic E-state index is 12.8. The van der Waals surface area contributed by atoms with Crippen molar-refractivity contribution < 1.29 is 9.53 Å². The molecule has 0 bridgehead atoms. The molecule has 4 rings (SSSR count). The standard InChI is InChI=1S/C24H26N4O2S/c1-5-6-11-30-19-9-7-18(8-10-19)23(29)25-21-14-17(4)27-28(21)24-26-22-16(3)12-15(2)13-20(22)31-24/h7-10,12-14H,5-6,11H2,1-4H3,(H,25,29). The first-order valence-corrected chi connectivity index (χ1v) is 11.3.